The third kappa shape index (κ3) is 5.32. The third-order valence-corrected chi connectivity index (χ3v) is 5.84. The summed E-state index contributed by atoms with van der Waals surface area (Å²) in [4.78, 5) is 16.4. The Morgan fingerprint density at radius 3 is 2.31 bits per heavy atom. The zero-order chi connectivity index (χ0) is 18.4. The first-order valence-corrected chi connectivity index (χ1v) is 10.3. The van der Waals surface area contributed by atoms with Crippen molar-refractivity contribution in [3.8, 4) is 5.75 Å². The zero-order valence-corrected chi connectivity index (χ0v) is 16.7. The van der Waals surface area contributed by atoms with Crippen molar-refractivity contribution < 1.29 is 14.4 Å². The molecule has 3 rings (SSSR count). The van der Waals surface area contributed by atoms with Crippen molar-refractivity contribution in [1.82, 2.24) is 0 Å². The molecule has 1 aromatic carbocycles. The van der Waals surface area contributed by atoms with Crippen LogP contribution in [0.3, 0.4) is 0 Å². The molecule has 136 valence electrons. The Morgan fingerprint density at radius 2 is 1.77 bits per heavy atom. The van der Waals surface area contributed by atoms with Crippen LogP contribution in [0.5, 0.6) is 5.75 Å². The van der Waals surface area contributed by atoms with Crippen LogP contribution in [-0.2, 0) is 17.9 Å². The van der Waals surface area contributed by atoms with Gasteiger partial charge in [-0.2, -0.15) is 0 Å². The molecule has 0 radical (unpaired) electrons. The molecule has 1 amide bonds. The molecule has 2 aromatic heterocycles. The first-order chi connectivity index (χ1) is 12.6. The topological polar surface area (TPSA) is 42.8 Å². The van der Waals surface area contributed by atoms with Crippen LogP contribution in [0.4, 0.5) is 5.69 Å². The fraction of sp³-hybridized carbons (Fsp3) is 0.211. The molecule has 0 aliphatic rings. The van der Waals surface area contributed by atoms with Crippen molar-refractivity contribution in [2.75, 3.05) is 19.0 Å². The number of ether oxygens (including phenoxy) is 1. The number of carbonyl (C=O) groups excluding carboxylic acids is 1. The van der Waals surface area contributed by atoms with E-state index in [2.05, 4.69) is 28.2 Å². The van der Waals surface area contributed by atoms with E-state index >= 15 is 0 Å². The molecular weight excluding hydrogens is 388 g/mol. The van der Waals surface area contributed by atoms with Crippen LogP contribution in [0.15, 0.2) is 53.2 Å². The Hall–Kier alpha value is -1.86. The Labute approximate surface area is 166 Å². The van der Waals surface area contributed by atoms with Gasteiger partial charge in [-0.25, -0.2) is 0 Å². The number of anilines is 1. The molecule has 0 fully saturated rings. The molecule has 0 bridgehead atoms. The van der Waals surface area contributed by atoms with Gasteiger partial charge in [-0.05, 0) is 41.1 Å². The number of quaternary nitrogens is 1. The van der Waals surface area contributed by atoms with Crippen molar-refractivity contribution in [2.45, 2.75) is 13.1 Å². The summed E-state index contributed by atoms with van der Waals surface area (Å²) < 4.78 is 5.30. The van der Waals surface area contributed by atoms with Gasteiger partial charge in [0.25, 0.3) is 5.91 Å². The lowest BCUT2D eigenvalue weighted by atomic mass is 10.3. The van der Waals surface area contributed by atoms with Gasteiger partial charge in [-0.15, -0.1) is 22.7 Å². The van der Waals surface area contributed by atoms with E-state index in [0.29, 0.717) is 23.0 Å². The Bertz CT molecular complexity index is 799. The highest BCUT2D eigenvalue weighted by molar-refractivity contribution is 7.10. The predicted octanol–water partition coefficient (Wildman–Crippen LogP) is 3.70. The van der Waals surface area contributed by atoms with E-state index in [-0.39, 0.29) is 5.91 Å². The summed E-state index contributed by atoms with van der Waals surface area (Å²) in [6, 6.07) is 13.5. The minimum Gasteiger partial charge on any atom is -0.495 e. The van der Waals surface area contributed by atoms with Crippen LogP contribution < -0.4 is 15.0 Å². The smallest absolute Gasteiger partial charge is 0.279 e. The molecule has 4 nitrogen and oxygen atoms in total. The van der Waals surface area contributed by atoms with E-state index in [1.165, 1.54) is 14.7 Å². The number of hydrogen-bond acceptors (Lipinski definition) is 4. The van der Waals surface area contributed by atoms with Crippen molar-refractivity contribution >= 4 is 45.9 Å². The van der Waals surface area contributed by atoms with Gasteiger partial charge in [-0.3, -0.25) is 4.79 Å². The Kier molecular flexibility index (Phi) is 6.68. The number of methoxy groups -OCH3 is 1. The SMILES string of the molecule is COc1ccc(Cl)cc1NC(=O)C[NH+](Cc1cccs1)Cc1cccs1. The molecule has 0 saturated carbocycles. The summed E-state index contributed by atoms with van der Waals surface area (Å²) in [6.45, 7) is 2.00. The Morgan fingerprint density at radius 1 is 1.12 bits per heavy atom. The van der Waals surface area contributed by atoms with Crippen LogP contribution in [0, 0.1) is 0 Å². The molecule has 7 heteroatoms. The second-order valence-corrected chi connectivity index (χ2v) is 8.33. The maximum absolute atomic E-state index is 12.6. The molecule has 0 aliphatic carbocycles. The van der Waals surface area contributed by atoms with Gasteiger partial charge in [0.15, 0.2) is 6.54 Å². The van der Waals surface area contributed by atoms with Crippen molar-refractivity contribution in [1.29, 1.82) is 0 Å². The first-order valence-electron chi connectivity index (χ1n) is 8.16. The number of benzene rings is 1. The minimum absolute atomic E-state index is 0.0614. The van der Waals surface area contributed by atoms with Crippen LogP contribution in [-0.4, -0.2) is 19.6 Å². The van der Waals surface area contributed by atoms with Crippen LogP contribution in [0.25, 0.3) is 0 Å². The molecule has 0 atom stereocenters. The summed E-state index contributed by atoms with van der Waals surface area (Å²) in [5.74, 6) is 0.537. The minimum atomic E-state index is -0.0614. The van der Waals surface area contributed by atoms with Crippen molar-refractivity contribution in [3.05, 3.63) is 68.0 Å². The number of nitrogens with one attached hydrogen (secondary N) is 2. The van der Waals surface area contributed by atoms with Crippen molar-refractivity contribution in [3.63, 3.8) is 0 Å². The summed E-state index contributed by atoms with van der Waals surface area (Å²) in [6.07, 6.45) is 0. The van der Waals surface area contributed by atoms with E-state index in [4.69, 9.17) is 16.3 Å². The van der Waals surface area contributed by atoms with Gasteiger partial charge in [0.05, 0.1) is 22.6 Å². The molecule has 26 heavy (non-hydrogen) atoms. The first kappa shape index (κ1) is 18.9. The quantitative estimate of drug-likeness (QED) is 0.598. The van der Waals surface area contributed by atoms with E-state index in [1.807, 2.05) is 12.1 Å². The standard InChI is InChI=1S/C19H19ClN2O2S2/c1-24-18-7-6-14(20)10-17(18)21-19(23)13-22(11-15-4-2-8-25-15)12-16-5-3-9-26-16/h2-10H,11-13H2,1H3,(H,21,23)/p+1. The van der Waals surface area contributed by atoms with Gasteiger partial charge in [0.2, 0.25) is 0 Å². The highest BCUT2D eigenvalue weighted by Gasteiger charge is 2.18. The van der Waals surface area contributed by atoms with Crippen molar-refractivity contribution in [2.24, 2.45) is 0 Å². The Balaban J connectivity index is 1.69. The summed E-state index contributed by atoms with van der Waals surface area (Å²) in [5.41, 5.74) is 0.594. The molecule has 0 aliphatic heterocycles. The fourth-order valence-corrected chi connectivity index (χ4v) is 4.43. The highest BCUT2D eigenvalue weighted by Crippen LogP contribution is 2.27. The maximum Gasteiger partial charge on any atom is 0.279 e. The lowest BCUT2D eigenvalue weighted by Gasteiger charge is -2.18. The van der Waals surface area contributed by atoms with E-state index in [0.717, 1.165) is 13.1 Å². The van der Waals surface area contributed by atoms with Gasteiger partial charge >= 0.3 is 0 Å². The van der Waals surface area contributed by atoms with Gasteiger partial charge in [0.1, 0.15) is 18.8 Å². The molecule has 2 N–H and O–H groups in total. The molecule has 2 heterocycles. The largest absolute Gasteiger partial charge is 0.495 e. The molecule has 0 unspecified atom stereocenters. The van der Waals surface area contributed by atoms with Crippen LogP contribution in [0.2, 0.25) is 5.02 Å². The van der Waals surface area contributed by atoms with E-state index in [1.54, 1.807) is 48.0 Å². The lowest BCUT2D eigenvalue weighted by molar-refractivity contribution is -0.918. The average Bonchev–Trinajstić information content (AvgIpc) is 3.29. The summed E-state index contributed by atoms with van der Waals surface area (Å²) >= 11 is 9.48. The summed E-state index contributed by atoms with van der Waals surface area (Å²) in [7, 11) is 1.57. The number of carbonyl (C=O) groups is 1. The number of rotatable bonds is 8. The number of thiophene rings is 2. The third-order valence-electron chi connectivity index (χ3n) is 3.85. The molecule has 0 spiro atoms. The zero-order valence-electron chi connectivity index (χ0n) is 14.3. The normalized spacial score (nSPS) is 10.9. The fourth-order valence-electron chi connectivity index (χ4n) is 2.71. The second-order valence-electron chi connectivity index (χ2n) is 5.83. The van der Waals surface area contributed by atoms with E-state index < -0.39 is 0 Å². The number of hydrogen-bond donors (Lipinski definition) is 2. The predicted molar refractivity (Wildman–Crippen MR) is 109 cm³/mol. The van der Waals surface area contributed by atoms with Gasteiger partial charge in [0, 0.05) is 5.02 Å². The van der Waals surface area contributed by atoms with Gasteiger partial charge in [-0.1, -0.05) is 23.7 Å². The highest BCUT2D eigenvalue weighted by atomic mass is 35.5. The monoisotopic (exact) mass is 407 g/mol. The molecule has 3 aromatic rings. The lowest BCUT2D eigenvalue weighted by Crippen LogP contribution is -3.10. The van der Waals surface area contributed by atoms with E-state index in [9.17, 15) is 4.79 Å². The molecule has 0 saturated heterocycles. The van der Waals surface area contributed by atoms with Gasteiger partial charge < -0.3 is 15.0 Å². The average molecular weight is 408 g/mol. The van der Waals surface area contributed by atoms with Crippen LogP contribution in [0.1, 0.15) is 9.75 Å². The summed E-state index contributed by atoms with van der Waals surface area (Å²) in [5, 5.41) is 7.62. The number of amides is 1. The second kappa shape index (κ2) is 9.19. The maximum atomic E-state index is 12.6. The molecular formula is C19H20ClN2O2S2+. The van der Waals surface area contributed by atoms with Crippen LogP contribution >= 0.6 is 34.3 Å². The number of halogens is 1.